The molecule has 2 saturated carbocycles. The van der Waals surface area contributed by atoms with Crippen LogP contribution in [-0.4, -0.2) is 45.7 Å². The molecule has 7 nitrogen and oxygen atoms in total. The molecule has 0 amide bonds. The number of carbonyl (C=O) groups is 2. The molecule has 1 N–H and O–H groups in total. The van der Waals surface area contributed by atoms with Crippen molar-refractivity contribution >= 4 is 20.3 Å². The van der Waals surface area contributed by atoms with Gasteiger partial charge in [-0.3, -0.25) is 9.59 Å². The molecule has 302 valence electrons. The molecule has 15 heteroatoms. The van der Waals surface area contributed by atoms with Crippen LogP contribution in [0.4, 0.5) is 26.3 Å². The second kappa shape index (κ2) is 21.2. The summed E-state index contributed by atoms with van der Waals surface area (Å²) in [5.41, 5.74) is 2.30. The minimum Gasteiger partial charge on any atom is -0.859 e. The molecule has 0 spiro atoms. The van der Waals surface area contributed by atoms with Crippen molar-refractivity contribution in [1.29, 1.82) is 0 Å². The molecule has 0 heterocycles. The molecular formula is C42H45F6KO7Si. The molecule has 2 aliphatic rings. The Hall–Kier alpha value is -3.19. The van der Waals surface area contributed by atoms with Crippen LogP contribution in [0.5, 0.6) is 11.5 Å². The number of hydrogen-bond acceptors (Lipinski definition) is 6. The topological polar surface area (TPSA) is 105 Å². The Morgan fingerprint density at radius 3 is 1.32 bits per heavy atom. The molecule has 0 radical (unpaired) electrons. The van der Waals surface area contributed by atoms with Crippen LogP contribution >= 0.6 is 0 Å². The SMILES string of the molecule is COC(=O)Cc1ccc(OCC2CC2)c(-c2ccc(C(F)(F)F)cc2)c1.C[Si](C)(C)[O-].O=C(O)Cc1ccc(OCC2CC2)c(-c2ccc(C(F)(F)F)cc2)c1.[K+]. The fraction of sp³-hybridized carbons (Fsp3) is 0.381. The van der Waals surface area contributed by atoms with Crippen LogP contribution in [0.25, 0.3) is 22.3 Å². The number of carboxylic acids is 1. The van der Waals surface area contributed by atoms with E-state index in [9.17, 15) is 40.7 Å². The van der Waals surface area contributed by atoms with Crippen LogP contribution in [0.3, 0.4) is 0 Å². The summed E-state index contributed by atoms with van der Waals surface area (Å²) >= 11 is 0. The molecule has 0 bridgehead atoms. The Bertz CT molecular complexity index is 1910. The number of carboxylic acid groups (broad SMARTS) is 1. The molecule has 0 unspecified atom stereocenters. The summed E-state index contributed by atoms with van der Waals surface area (Å²) < 4.78 is 92.9. The number of rotatable bonds is 12. The minimum atomic E-state index is -4.39. The molecule has 4 aromatic rings. The summed E-state index contributed by atoms with van der Waals surface area (Å²) in [6, 6.07) is 20.1. The Labute approximate surface area is 372 Å². The van der Waals surface area contributed by atoms with Crippen LogP contribution < -0.4 is 65.7 Å². The van der Waals surface area contributed by atoms with E-state index < -0.39 is 37.8 Å². The molecule has 2 fully saturated rings. The molecule has 57 heavy (non-hydrogen) atoms. The fourth-order valence-corrected chi connectivity index (χ4v) is 5.15. The van der Waals surface area contributed by atoms with E-state index in [1.165, 1.54) is 31.4 Å². The van der Waals surface area contributed by atoms with Gasteiger partial charge in [0.15, 0.2) is 0 Å². The van der Waals surface area contributed by atoms with E-state index in [0.717, 1.165) is 49.9 Å². The molecule has 2 aliphatic carbocycles. The van der Waals surface area contributed by atoms with Crippen LogP contribution in [0, 0.1) is 11.8 Å². The summed E-state index contributed by atoms with van der Waals surface area (Å²) in [4.78, 5) is 32.7. The maximum absolute atomic E-state index is 12.8. The molecule has 0 saturated heterocycles. The molecule has 6 rings (SSSR count). The van der Waals surface area contributed by atoms with Crippen molar-refractivity contribution < 1.29 is 111 Å². The van der Waals surface area contributed by atoms with Gasteiger partial charge in [-0.05, 0) is 108 Å². The number of esters is 1. The van der Waals surface area contributed by atoms with E-state index in [0.29, 0.717) is 69.9 Å². The third kappa shape index (κ3) is 17.3. The quantitative estimate of drug-likeness (QED) is 0.0946. The first-order chi connectivity index (χ1) is 26.2. The Balaban J connectivity index is 0.000000269. The number of hydrogen-bond donors (Lipinski definition) is 1. The number of aliphatic carboxylic acids is 1. The van der Waals surface area contributed by atoms with Gasteiger partial charge in [-0.25, -0.2) is 0 Å². The van der Waals surface area contributed by atoms with E-state index in [1.807, 2.05) is 0 Å². The second-order valence-corrected chi connectivity index (χ2v) is 19.0. The largest absolute Gasteiger partial charge is 1.00 e. The number of benzene rings is 4. The zero-order chi connectivity index (χ0) is 41.3. The van der Waals surface area contributed by atoms with Gasteiger partial charge in [0, 0.05) is 11.1 Å². The third-order valence-corrected chi connectivity index (χ3v) is 8.41. The summed E-state index contributed by atoms with van der Waals surface area (Å²) in [7, 11) is -0.549. The summed E-state index contributed by atoms with van der Waals surface area (Å²) in [6.07, 6.45) is -4.33. The number of methoxy groups -OCH3 is 1. The standard InChI is InChI=1S/C20H19F3O3.C19H17F3O3.C3H9OSi.K/c1-25-19(24)11-14-4-9-18(26-12-13-2-3-13)17(10-14)15-5-7-16(8-6-15)20(21,22)23;20-19(21,22)15-6-4-14(5-7-15)16-9-13(10-18(23)24)3-8-17(16)25-11-12-1-2-12;1-5(2,3)4;/h4-10,13H,2-3,11-12H2,1H3;3-9,12H,1-2,10-11H2,(H,23,24);1-3H3;/q;;-1;+1. The third-order valence-electron chi connectivity index (χ3n) is 8.41. The van der Waals surface area contributed by atoms with Crippen LogP contribution in [0.1, 0.15) is 47.9 Å². The fourth-order valence-electron chi connectivity index (χ4n) is 5.15. The predicted octanol–water partition coefficient (Wildman–Crippen LogP) is 6.85. The van der Waals surface area contributed by atoms with Gasteiger partial charge < -0.3 is 24.1 Å². The summed E-state index contributed by atoms with van der Waals surface area (Å²) in [5, 5.41) is 8.95. The van der Waals surface area contributed by atoms with Crippen LogP contribution in [0.2, 0.25) is 19.6 Å². The molecular weight excluding hydrogens is 798 g/mol. The molecule has 0 aromatic heterocycles. The van der Waals surface area contributed by atoms with Gasteiger partial charge in [0.05, 0.1) is 44.3 Å². The van der Waals surface area contributed by atoms with E-state index in [1.54, 1.807) is 56.0 Å². The zero-order valence-electron chi connectivity index (χ0n) is 32.6. The van der Waals surface area contributed by atoms with Gasteiger partial charge in [-0.2, -0.15) is 26.3 Å². The van der Waals surface area contributed by atoms with Crippen molar-refractivity contribution in [1.82, 2.24) is 0 Å². The Morgan fingerprint density at radius 1 is 0.667 bits per heavy atom. The van der Waals surface area contributed by atoms with Gasteiger partial charge in [0.1, 0.15) is 11.5 Å². The van der Waals surface area contributed by atoms with E-state index >= 15 is 0 Å². The maximum atomic E-state index is 12.8. The molecule has 0 atom stereocenters. The van der Waals surface area contributed by atoms with Crippen molar-refractivity contribution in [2.45, 2.75) is 70.5 Å². The minimum absolute atomic E-state index is 0. The normalized spacial score (nSPS) is 13.8. The zero-order valence-corrected chi connectivity index (χ0v) is 36.7. The first kappa shape index (κ1) is 48.2. The maximum Gasteiger partial charge on any atom is 1.00 e. The first-order valence-electron chi connectivity index (χ1n) is 18.1. The van der Waals surface area contributed by atoms with Gasteiger partial charge >= 0.3 is 75.7 Å². The summed E-state index contributed by atoms with van der Waals surface area (Å²) in [5.74, 6) is 0.885. The molecule has 4 aromatic carbocycles. The van der Waals surface area contributed by atoms with Crippen molar-refractivity contribution in [2.24, 2.45) is 11.8 Å². The van der Waals surface area contributed by atoms with Gasteiger partial charge in [-0.1, -0.05) is 64.4 Å². The number of halogens is 6. The van der Waals surface area contributed by atoms with Crippen molar-refractivity contribution in [3.8, 4) is 33.8 Å². The molecule has 0 aliphatic heterocycles. The average molecular weight is 843 g/mol. The number of carbonyl (C=O) groups excluding carboxylic acids is 1. The smallest absolute Gasteiger partial charge is 0.859 e. The van der Waals surface area contributed by atoms with Gasteiger partial charge in [0.2, 0.25) is 0 Å². The van der Waals surface area contributed by atoms with Gasteiger partial charge in [-0.15, -0.1) is 0 Å². The van der Waals surface area contributed by atoms with E-state index in [-0.39, 0.29) is 70.2 Å². The van der Waals surface area contributed by atoms with Crippen LogP contribution in [0.15, 0.2) is 84.9 Å². The Morgan fingerprint density at radius 2 is 1.02 bits per heavy atom. The van der Waals surface area contributed by atoms with E-state index in [4.69, 9.17) is 14.6 Å². The summed E-state index contributed by atoms with van der Waals surface area (Å²) in [6.45, 7) is 6.46. The predicted molar refractivity (Wildman–Crippen MR) is 201 cm³/mol. The van der Waals surface area contributed by atoms with E-state index in [2.05, 4.69) is 4.74 Å². The van der Waals surface area contributed by atoms with Crippen molar-refractivity contribution in [3.05, 3.63) is 107 Å². The number of alkyl halides is 6. The first-order valence-corrected chi connectivity index (χ1v) is 21.5. The Kier molecular flexibility index (Phi) is 17.9. The number of ether oxygens (including phenoxy) is 3. The second-order valence-electron chi connectivity index (χ2n) is 14.8. The van der Waals surface area contributed by atoms with Crippen molar-refractivity contribution in [2.75, 3.05) is 20.3 Å². The average Bonchev–Trinajstić information content (AvgIpc) is 4.06. The monoisotopic (exact) mass is 842 g/mol. The van der Waals surface area contributed by atoms with Crippen LogP contribution in [-0.2, 0) is 39.5 Å². The van der Waals surface area contributed by atoms with Gasteiger partial charge in [0.25, 0.3) is 0 Å². The van der Waals surface area contributed by atoms with Crippen molar-refractivity contribution in [3.63, 3.8) is 0 Å².